The molecule has 2 aromatic carbocycles. The molecule has 1 amide bonds. The highest BCUT2D eigenvalue weighted by Crippen LogP contribution is 2.24. The van der Waals surface area contributed by atoms with Crippen LogP contribution in [0.3, 0.4) is 0 Å². The van der Waals surface area contributed by atoms with Crippen molar-refractivity contribution in [1.29, 1.82) is 0 Å². The third-order valence-corrected chi connectivity index (χ3v) is 4.73. The van der Waals surface area contributed by atoms with Crippen LogP contribution in [0.15, 0.2) is 65.2 Å². The van der Waals surface area contributed by atoms with Gasteiger partial charge in [-0.1, -0.05) is 49.3 Å². The number of hydrogen-bond donors (Lipinski definition) is 1. The number of nitrogens with one attached hydrogen (secondary N) is 1. The lowest BCUT2D eigenvalue weighted by atomic mass is 10.1. The van der Waals surface area contributed by atoms with Crippen molar-refractivity contribution in [2.24, 2.45) is 5.92 Å². The number of aromatic nitrogens is 1. The molecular weight excluding hydrogens is 378 g/mol. The molecule has 0 aliphatic heterocycles. The van der Waals surface area contributed by atoms with Crippen LogP contribution in [0.1, 0.15) is 35.9 Å². The van der Waals surface area contributed by atoms with Crippen LogP contribution in [0, 0.1) is 5.92 Å². The van der Waals surface area contributed by atoms with Crippen molar-refractivity contribution in [3.05, 3.63) is 71.9 Å². The van der Waals surface area contributed by atoms with Gasteiger partial charge in [-0.3, -0.25) is 4.79 Å². The summed E-state index contributed by atoms with van der Waals surface area (Å²) in [4.78, 5) is 14.7. The van der Waals surface area contributed by atoms with Gasteiger partial charge in [0.25, 0.3) is 5.91 Å². The molecule has 1 heterocycles. The predicted molar refractivity (Wildman–Crippen MR) is 117 cm³/mol. The van der Waals surface area contributed by atoms with Crippen molar-refractivity contribution < 1.29 is 14.1 Å². The van der Waals surface area contributed by atoms with Crippen LogP contribution in [0.2, 0.25) is 0 Å². The van der Waals surface area contributed by atoms with Crippen LogP contribution in [0.4, 0.5) is 0 Å². The Bertz CT molecular complexity index is 934. The number of hydrogen-bond acceptors (Lipinski definition) is 5. The maximum atomic E-state index is 12.6. The lowest BCUT2D eigenvalue weighted by molar-refractivity contribution is 0.0933. The summed E-state index contributed by atoms with van der Waals surface area (Å²) in [7, 11) is 3.99. The first-order valence-electron chi connectivity index (χ1n) is 10.1. The number of benzene rings is 2. The largest absolute Gasteiger partial charge is 0.493 e. The minimum absolute atomic E-state index is 0.0694. The fourth-order valence-electron chi connectivity index (χ4n) is 3.05. The Labute approximate surface area is 177 Å². The third-order valence-electron chi connectivity index (χ3n) is 4.73. The Kier molecular flexibility index (Phi) is 7.25. The SMILES string of the molecule is CC(C)COc1ccc(-c2cc(C(=O)NC[C@H](c3ccccc3)N(C)C)no2)cc1. The summed E-state index contributed by atoms with van der Waals surface area (Å²) in [5, 5.41) is 6.90. The van der Waals surface area contributed by atoms with E-state index >= 15 is 0 Å². The highest BCUT2D eigenvalue weighted by molar-refractivity contribution is 5.93. The maximum Gasteiger partial charge on any atom is 0.273 e. The standard InChI is InChI=1S/C24H29N3O3/c1-17(2)16-29-20-12-10-19(11-13-20)23-14-21(26-30-23)24(28)25-15-22(27(3)4)18-8-6-5-7-9-18/h5-14,17,22H,15-16H2,1-4H3,(H,25,28)/t22-/m1/s1. The number of carbonyl (C=O) groups is 1. The predicted octanol–water partition coefficient (Wildman–Crippen LogP) is 4.41. The number of nitrogens with zero attached hydrogens (tertiary/aromatic N) is 2. The van der Waals surface area contributed by atoms with Gasteiger partial charge in [-0.15, -0.1) is 0 Å². The zero-order chi connectivity index (χ0) is 21.5. The van der Waals surface area contributed by atoms with E-state index in [1.807, 2.05) is 56.6 Å². The Hall–Kier alpha value is -3.12. The third kappa shape index (κ3) is 5.70. The van der Waals surface area contributed by atoms with Gasteiger partial charge in [-0.05, 0) is 49.8 Å². The van der Waals surface area contributed by atoms with Crippen LogP contribution in [0.5, 0.6) is 5.75 Å². The topological polar surface area (TPSA) is 67.6 Å². The summed E-state index contributed by atoms with van der Waals surface area (Å²) in [6, 6.07) is 19.4. The molecule has 0 radical (unpaired) electrons. The Morgan fingerprint density at radius 2 is 1.80 bits per heavy atom. The van der Waals surface area contributed by atoms with E-state index in [1.54, 1.807) is 6.07 Å². The lowest BCUT2D eigenvalue weighted by Gasteiger charge is -2.24. The van der Waals surface area contributed by atoms with Gasteiger partial charge in [0.2, 0.25) is 0 Å². The number of amides is 1. The Balaban J connectivity index is 1.62. The van der Waals surface area contributed by atoms with Crippen LogP contribution in [-0.2, 0) is 0 Å². The number of ether oxygens (including phenoxy) is 1. The highest BCUT2D eigenvalue weighted by Gasteiger charge is 2.18. The van der Waals surface area contributed by atoms with E-state index in [1.165, 1.54) is 0 Å². The van der Waals surface area contributed by atoms with Crippen LogP contribution in [0.25, 0.3) is 11.3 Å². The van der Waals surface area contributed by atoms with Gasteiger partial charge >= 0.3 is 0 Å². The zero-order valence-electron chi connectivity index (χ0n) is 18.0. The molecule has 6 heteroatoms. The molecule has 0 fully saturated rings. The number of rotatable bonds is 9. The van der Waals surface area contributed by atoms with Crippen molar-refractivity contribution >= 4 is 5.91 Å². The van der Waals surface area contributed by atoms with Gasteiger partial charge in [0.1, 0.15) is 5.75 Å². The molecule has 1 N–H and O–H groups in total. The lowest BCUT2D eigenvalue weighted by Crippen LogP contribution is -2.34. The average Bonchev–Trinajstić information content (AvgIpc) is 3.23. The first kappa shape index (κ1) is 21.6. The molecule has 0 bridgehead atoms. The fourth-order valence-corrected chi connectivity index (χ4v) is 3.05. The molecule has 30 heavy (non-hydrogen) atoms. The summed E-state index contributed by atoms with van der Waals surface area (Å²) in [6.45, 7) is 5.36. The molecule has 158 valence electrons. The monoisotopic (exact) mass is 407 g/mol. The van der Waals surface area contributed by atoms with Gasteiger partial charge in [0.05, 0.1) is 12.6 Å². The van der Waals surface area contributed by atoms with Gasteiger partial charge in [-0.25, -0.2) is 0 Å². The molecule has 0 saturated heterocycles. The molecule has 1 atom stereocenters. The van der Waals surface area contributed by atoms with Gasteiger partial charge in [-0.2, -0.15) is 0 Å². The molecule has 3 rings (SSSR count). The second kappa shape index (κ2) is 10.1. The van der Waals surface area contributed by atoms with E-state index in [0.29, 0.717) is 24.8 Å². The van der Waals surface area contributed by atoms with Crippen LogP contribution >= 0.6 is 0 Å². The molecule has 1 aromatic heterocycles. The number of likely N-dealkylation sites (N-methyl/N-ethyl adjacent to an activating group) is 1. The molecule has 6 nitrogen and oxygen atoms in total. The van der Waals surface area contributed by atoms with Gasteiger partial charge < -0.3 is 19.5 Å². The van der Waals surface area contributed by atoms with E-state index in [4.69, 9.17) is 9.26 Å². The minimum Gasteiger partial charge on any atom is -0.493 e. The van der Waals surface area contributed by atoms with E-state index in [-0.39, 0.29) is 17.6 Å². The summed E-state index contributed by atoms with van der Waals surface area (Å²) >= 11 is 0. The molecular formula is C24H29N3O3. The molecule has 0 unspecified atom stereocenters. The molecule has 0 aliphatic carbocycles. The summed E-state index contributed by atoms with van der Waals surface area (Å²) in [5.74, 6) is 1.56. The molecule has 0 spiro atoms. The zero-order valence-corrected chi connectivity index (χ0v) is 18.0. The number of carbonyl (C=O) groups excluding carboxylic acids is 1. The molecule has 0 saturated carbocycles. The summed E-state index contributed by atoms with van der Waals surface area (Å²) in [6.07, 6.45) is 0. The van der Waals surface area contributed by atoms with E-state index in [0.717, 1.165) is 16.9 Å². The fraction of sp³-hybridized carbons (Fsp3) is 0.333. The second-order valence-corrected chi connectivity index (χ2v) is 7.91. The minimum atomic E-state index is -0.260. The van der Waals surface area contributed by atoms with Crippen molar-refractivity contribution in [1.82, 2.24) is 15.4 Å². The van der Waals surface area contributed by atoms with Gasteiger partial charge in [0.15, 0.2) is 11.5 Å². The second-order valence-electron chi connectivity index (χ2n) is 7.91. The van der Waals surface area contributed by atoms with E-state index < -0.39 is 0 Å². The Morgan fingerprint density at radius 3 is 2.43 bits per heavy atom. The van der Waals surface area contributed by atoms with Crippen molar-refractivity contribution in [2.75, 3.05) is 27.2 Å². The average molecular weight is 408 g/mol. The quantitative estimate of drug-likeness (QED) is 0.569. The smallest absolute Gasteiger partial charge is 0.273 e. The van der Waals surface area contributed by atoms with Crippen molar-refractivity contribution in [3.8, 4) is 17.1 Å². The first-order chi connectivity index (χ1) is 14.4. The van der Waals surface area contributed by atoms with E-state index in [9.17, 15) is 4.79 Å². The summed E-state index contributed by atoms with van der Waals surface area (Å²) < 4.78 is 11.1. The van der Waals surface area contributed by atoms with Crippen molar-refractivity contribution in [2.45, 2.75) is 19.9 Å². The maximum absolute atomic E-state index is 12.6. The van der Waals surface area contributed by atoms with Crippen molar-refractivity contribution in [3.63, 3.8) is 0 Å². The van der Waals surface area contributed by atoms with Gasteiger partial charge in [0, 0.05) is 18.2 Å². The van der Waals surface area contributed by atoms with Crippen LogP contribution in [-0.4, -0.2) is 43.2 Å². The normalized spacial score (nSPS) is 12.2. The molecule has 3 aromatic rings. The highest BCUT2D eigenvalue weighted by atomic mass is 16.5. The Morgan fingerprint density at radius 1 is 1.10 bits per heavy atom. The van der Waals surface area contributed by atoms with Crippen LogP contribution < -0.4 is 10.1 Å². The molecule has 0 aliphatic rings. The first-order valence-corrected chi connectivity index (χ1v) is 10.1. The van der Waals surface area contributed by atoms with E-state index in [2.05, 4.69) is 41.4 Å². The summed E-state index contributed by atoms with van der Waals surface area (Å²) in [5.41, 5.74) is 2.24.